The van der Waals surface area contributed by atoms with Crippen molar-refractivity contribution < 1.29 is 13.2 Å². The summed E-state index contributed by atoms with van der Waals surface area (Å²) >= 11 is 0. The van der Waals surface area contributed by atoms with Crippen molar-refractivity contribution in [1.82, 2.24) is 10.2 Å². The van der Waals surface area contributed by atoms with E-state index in [2.05, 4.69) is 24.1 Å². The van der Waals surface area contributed by atoms with Gasteiger partial charge in [-0.25, -0.2) is 0 Å². The Morgan fingerprint density at radius 3 is 2.28 bits per heavy atom. The molecular formula is C13H25F3N2. The van der Waals surface area contributed by atoms with Crippen LogP contribution >= 0.6 is 0 Å². The Kier molecular flexibility index (Phi) is 6.43. The van der Waals surface area contributed by atoms with Gasteiger partial charge in [0.2, 0.25) is 0 Å². The largest absolute Gasteiger partial charge is 0.391 e. The van der Waals surface area contributed by atoms with Crippen LogP contribution in [0.25, 0.3) is 0 Å². The number of hydrogen-bond acceptors (Lipinski definition) is 2. The van der Waals surface area contributed by atoms with Crippen LogP contribution in [0.4, 0.5) is 13.2 Å². The van der Waals surface area contributed by atoms with Crippen molar-refractivity contribution in [3.8, 4) is 0 Å². The first-order valence-electron chi connectivity index (χ1n) is 6.99. The predicted octanol–water partition coefficient (Wildman–Crippen LogP) is 3.04. The second-order valence-corrected chi connectivity index (χ2v) is 5.18. The third-order valence-corrected chi connectivity index (χ3v) is 3.70. The fourth-order valence-corrected chi connectivity index (χ4v) is 2.44. The van der Waals surface area contributed by atoms with E-state index >= 15 is 0 Å². The quantitative estimate of drug-likeness (QED) is 0.795. The summed E-state index contributed by atoms with van der Waals surface area (Å²) in [4.78, 5) is 2.17. The van der Waals surface area contributed by atoms with Crippen molar-refractivity contribution in [2.75, 3.05) is 26.2 Å². The molecule has 1 aliphatic heterocycles. The van der Waals surface area contributed by atoms with Gasteiger partial charge in [0, 0.05) is 12.6 Å². The van der Waals surface area contributed by atoms with E-state index in [0.717, 1.165) is 25.9 Å². The van der Waals surface area contributed by atoms with Crippen molar-refractivity contribution >= 4 is 0 Å². The molecule has 1 aliphatic rings. The highest BCUT2D eigenvalue weighted by atomic mass is 19.4. The third-order valence-electron chi connectivity index (χ3n) is 3.70. The molecule has 1 rings (SSSR count). The van der Waals surface area contributed by atoms with Crippen LogP contribution in [-0.4, -0.2) is 43.3 Å². The highest BCUT2D eigenvalue weighted by Gasteiger charge is 2.41. The standard InChI is InChI=1S/C13H25F3N2/c1-3-7-17-12(4-2)10-18-8-5-11(6-9-18)13(14,15)16/h11-12,17H,3-10H2,1-2H3. The molecular weight excluding hydrogens is 241 g/mol. The lowest BCUT2D eigenvalue weighted by Crippen LogP contribution is -2.45. The molecule has 2 nitrogen and oxygen atoms in total. The molecule has 5 heteroatoms. The number of hydrogen-bond donors (Lipinski definition) is 1. The second-order valence-electron chi connectivity index (χ2n) is 5.18. The molecule has 0 saturated carbocycles. The zero-order chi connectivity index (χ0) is 13.6. The maximum Gasteiger partial charge on any atom is 0.391 e. The summed E-state index contributed by atoms with van der Waals surface area (Å²) in [5, 5.41) is 3.44. The van der Waals surface area contributed by atoms with Gasteiger partial charge in [0.15, 0.2) is 0 Å². The average Bonchev–Trinajstić information content (AvgIpc) is 2.34. The summed E-state index contributed by atoms with van der Waals surface area (Å²) in [7, 11) is 0. The van der Waals surface area contributed by atoms with Crippen LogP contribution in [0.15, 0.2) is 0 Å². The Morgan fingerprint density at radius 1 is 1.22 bits per heavy atom. The molecule has 1 unspecified atom stereocenters. The Hall–Kier alpha value is -0.290. The molecule has 108 valence electrons. The minimum atomic E-state index is -4.00. The Labute approximate surface area is 108 Å². The topological polar surface area (TPSA) is 15.3 Å². The van der Waals surface area contributed by atoms with Crippen molar-refractivity contribution in [3.63, 3.8) is 0 Å². The van der Waals surface area contributed by atoms with E-state index in [0.29, 0.717) is 19.1 Å². The van der Waals surface area contributed by atoms with Crippen LogP contribution in [0.5, 0.6) is 0 Å². The number of rotatable bonds is 6. The van der Waals surface area contributed by atoms with Gasteiger partial charge in [-0.1, -0.05) is 13.8 Å². The number of halogens is 3. The lowest BCUT2D eigenvalue weighted by molar-refractivity contribution is -0.185. The van der Waals surface area contributed by atoms with E-state index in [4.69, 9.17) is 0 Å². The van der Waals surface area contributed by atoms with Gasteiger partial charge >= 0.3 is 6.18 Å². The summed E-state index contributed by atoms with van der Waals surface area (Å²) in [5.74, 6) is -1.09. The molecule has 1 saturated heterocycles. The van der Waals surface area contributed by atoms with Crippen LogP contribution in [0, 0.1) is 5.92 Å². The maximum absolute atomic E-state index is 12.5. The van der Waals surface area contributed by atoms with E-state index in [1.165, 1.54) is 0 Å². The van der Waals surface area contributed by atoms with Gasteiger partial charge in [-0.2, -0.15) is 13.2 Å². The van der Waals surface area contributed by atoms with Crippen molar-refractivity contribution in [2.24, 2.45) is 5.92 Å². The molecule has 1 N–H and O–H groups in total. The van der Waals surface area contributed by atoms with Crippen LogP contribution in [0.3, 0.4) is 0 Å². The SMILES string of the molecule is CCCNC(CC)CN1CCC(C(F)(F)F)CC1. The number of piperidine rings is 1. The molecule has 1 heterocycles. The zero-order valence-electron chi connectivity index (χ0n) is 11.4. The molecule has 0 aromatic rings. The van der Waals surface area contributed by atoms with Gasteiger partial charge < -0.3 is 10.2 Å². The Balaban J connectivity index is 2.29. The monoisotopic (exact) mass is 266 g/mol. The van der Waals surface area contributed by atoms with E-state index in [9.17, 15) is 13.2 Å². The smallest absolute Gasteiger partial charge is 0.313 e. The Bertz CT molecular complexity index is 223. The highest BCUT2D eigenvalue weighted by molar-refractivity contribution is 4.79. The minimum absolute atomic E-state index is 0.258. The van der Waals surface area contributed by atoms with Crippen molar-refractivity contribution in [3.05, 3.63) is 0 Å². The van der Waals surface area contributed by atoms with E-state index < -0.39 is 12.1 Å². The van der Waals surface area contributed by atoms with Gasteiger partial charge in [-0.05, 0) is 45.3 Å². The molecule has 0 aliphatic carbocycles. The fraction of sp³-hybridized carbons (Fsp3) is 1.00. The second kappa shape index (κ2) is 7.34. The van der Waals surface area contributed by atoms with E-state index in [1.54, 1.807) is 0 Å². The molecule has 18 heavy (non-hydrogen) atoms. The number of nitrogens with one attached hydrogen (secondary N) is 1. The van der Waals surface area contributed by atoms with Gasteiger partial charge in [0.05, 0.1) is 5.92 Å². The predicted molar refractivity (Wildman–Crippen MR) is 67.6 cm³/mol. The summed E-state index contributed by atoms with van der Waals surface area (Å²) in [5.41, 5.74) is 0. The molecule has 0 bridgehead atoms. The van der Waals surface area contributed by atoms with Crippen LogP contribution in [0.1, 0.15) is 39.5 Å². The van der Waals surface area contributed by atoms with Gasteiger partial charge in [0.25, 0.3) is 0 Å². The summed E-state index contributed by atoms with van der Waals surface area (Å²) in [6.07, 6.45) is -1.37. The van der Waals surface area contributed by atoms with Crippen molar-refractivity contribution in [1.29, 1.82) is 0 Å². The third kappa shape index (κ3) is 5.14. The minimum Gasteiger partial charge on any atom is -0.313 e. The zero-order valence-corrected chi connectivity index (χ0v) is 11.4. The van der Waals surface area contributed by atoms with Crippen molar-refractivity contribution in [2.45, 2.75) is 51.7 Å². The molecule has 0 radical (unpaired) electrons. The van der Waals surface area contributed by atoms with E-state index in [-0.39, 0.29) is 12.8 Å². The summed E-state index contributed by atoms with van der Waals surface area (Å²) in [6.45, 7) is 7.26. The average molecular weight is 266 g/mol. The van der Waals surface area contributed by atoms with E-state index in [1.807, 2.05) is 0 Å². The Morgan fingerprint density at radius 2 is 1.83 bits per heavy atom. The van der Waals surface area contributed by atoms with Crippen LogP contribution in [0.2, 0.25) is 0 Å². The lowest BCUT2D eigenvalue weighted by Gasteiger charge is -2.35. The number of nitrogens with zero attached hydrogens (tertiary/aromatic N) is 1. The molecule has 0 amide bonds. The molecule has 1 fully saturated rings. The first-order chi connectivity index (χ1) is 8.47. The normalized spacial score (nSPS) is 21.2. The van der Waals surface area contributed by atoms with Gasteiger partial charge in [-0.15, -0.1) is 0 Å². The fourth-order valence-electron chi connectivity index (χ4n) is 2.44. The molecule has 0 spiro atoms. The first-order valence-corrected chi connectivity index (χ1v) is 6.99. The molecule has 0 aromatic heterocycles. The van der Waals surface area contributed by atoms with Crippen LogP contribution in [-0.2, 0) is 0 Å². The lowest BCUT2D eigenvalue weighted by atomic mass is 9.96. The first kappa shape index (κ1) is 15.8. The highest BCUT2D eigenvalue weighted by Crippen LogP contribution is 2.34. The van der Waals surface area contributed by atoms with Crippen LogP contribution < -0.4 is 5.32 Å². The number of likely N-dealkylation sites (tertiary alicyclic amines) is 1. The number of alkyl halides is 3. The molecule has 0 aromatic carbocycles. The van der Waals surface area contributed by atoms with Gasteiger partial charge in [0.1, 0.15) is 0 Å². The van der Waals surface area contributed by atoms with Gasteiger partial charge in [-0.3, -0.25) is 0 Å². The maximum atomic E-state index is 12.5. The summed E-state index contributed by atoms with van der Waals surface area (Å²) in [6, 6.07) is 0.410. The summed E-state index contributed by atoms with van der Waals surface area (Å²) < 4.78 is 37.6. The molecule has 1 atom stereocenters.